The third-order valence-electron chi connectivity index (χ3n) is 2.88. The van der Waals surface area contributed by atoms with E-state index >= 15 is 0 Å². The molecule has 3 heteroatoms. The van der Waals surface area contributed by atoms with Crippen LogP contribution in [0.1, 0.15) is 24.8 Å². The molecule has 1 aliphatic carbocycles. The predicted octanol–water partition coefficient (Wildman–Crippen LogP) is 2.67. The van der Waals surface area contributed by atoms with Gasteiger partial charge < -0.3 is 5.11 Å². The maximum atomic E-state index is 13.2. The first kappa shape index (κ1) is 10.6. The van der Waals surface area contributed by atoms with Crippen LogP contribution in [0.3, 0.4) is 0 Å². The van der Waals surface area contributed by atoms with Crippen molar-refractivity contribution in [1.29, 1.82) is 0 Å². The summed E-state index contributed by atoms with van der Waals surface area (Å²) in [5.41, 5.74) is 0.356. The number of aryl methyl sites for hydroxylation is 1. The van der Waals surface area contributed by atoms with E-state index in [-0.39, 0.29) is 11.9 Å². The lowest BCUT2D eigenvalue weighted by Crippen LogP contribution is -2.10. The average molecular weight is 212 g/mol. The van der Waals surface area contributed by atoms with Crippen LogP contribution in [-0.2, 0) is 6.42 Å². The fourth-order valence-electron chi connectivity index (χ4n) is 1.75. The van der Waals surface area contributed by atoms with Crippen molar-refractivity contribution in [3.8, 4) is 0 Å². The van der Waals surface area contributed by atoms with E-state index in [2.05, 4.69) is 0 Å². The number of rotatable bonds is 4. The highest BCUT2D eigenvalue weighted by Crippen LogP contribution is 2.34. The second-order valence-electron chi connectivity index (χ2n) is 4.18. The summed E-state index contributed by atoms with van der Waals surface area (Å²) in [6.45, 7) is 0. The average Bonchev–Trinajstić information content (AvgIpc) is 3.02. The molecule has 1 aliphatic rings. The van der Waals surface area contributed by atoms with Crippen molar-refractivity contribution < 1.29 is 13.9 Å². The third-order valence-corrected chi connectivity index (χ3v) is 2.88. The molecule has 1 saturated carbocycles. The number of benzene rings is 1. The lowest BCUT2D eigenvalue weighted by Gasteiger charge is -2.09. The summed E-state index contributed by atoms with van der Waals surface area (Å²) in [5.74, 6) is -0.423. The number of aliphatic hydroxyl groups excluding tert-OH is 1. The van der Waals surface area contributed by atoms with E-state index in [1.54, 1.807) is 0 Å². The summed E-state index contributed by atoms with van der Waals surface area (Å²) in [4.78, 5) is 0. The van der Waals surface area contributed by atoms with Crippen molar-refractivity contribution >= 4 is 0 Å². The van der Waals surface area contributed by atoms with E-state index in [4.69, 9.17) is 0 Å². The van der Waals surface area contributed by atoms with E-state index in [1.807, 2.05) is 0 Å². The van der Waals surface area contributed by atoms with Crippen molar-refractivity contribution in [1.82, 2.24) is 0 Å². The molecule has 1 N–H and O–H groups in total. The van der Waals surface area contributed by atoms with Gasteiger partial charge in [-0.2, -0.15) is 0 Å². The van der Waals surface area contributed by atoms with Crippen LogP contribution in [-0.4, -0.2) is 11.2 Å². The van der Waals surface area contributed by atoms with Gasteiger partial charge in [0, 0.05) is 0 Å². The van der Waals surface area contributed by atoms with Crippen LogP contribution in [0.5, 0.6) is 0 Å². The third kappa shape index (κ3) is 2.75. The summed E-state index contributed by atoms with van der Waals surface area (Å²) >= 11 is 0. The van der Waals surface area contributed by atoms with Crippen LogP contribution >= 0.6 is 0 Å². The smallest absolute Gasteiger partial charge is 0.126 e. The van der Waals surface area contributed by atoms with Gasteiger partial charge in [-0.25, -0.2) is 8.78 Å². The second-order valence-corrected chi connectivity index (χ2v) is 4.18. The molecule has 1 fully saturated rings. The van der Waals surface area contributed by atoms with E-state index in [9.17, 15) is 13.9 Å². The second kappa shape index (κ2) is 4.27. The minimum Gasteiger partial charge on any atom is -0.393 e. The minimum absolute atomic E-state index is 0.354. The Morgan fingerprint density at radius 1 is 1.33 bits per heavy atom. The molecule has 0 saturated heterocycles. The fourth-order valence-corrected chi connectivity index (χ4v) is 1.75. The lowest BCUT2D eigenvalue weighted by molar-refractivity contribution is 0.141. The first-order valence-electron chi connectivity index (χ1n) is 5.29. The molecule has 1 aromatic carbocycles. The van der Waals surface area contributed by atoms with Gasteiger partial charge in [-0.3, -0.25) is 0 Å². The molecule has 0 spiro atoms. The van der Waals surface area contributed by atoms with Gasteiger partial charge in [-0.1, -0.05) is 0 Å². The van der Waals surface area contributed by atoms with Gasteiger partial charge in [0.2, 0.25) is 0 Å². The zero-order valence-electron chi connectivity index (χ0n) is 8.42. The number of hydrogen-bond donors (Lipinski definition) is 1. The molecule has 0 amide bonds. The molecule has 1 unspecified atom stereocenters. The normalized spacial score (nSPS) is 17.8. The standard InChI is InChI=1S/C12H14F2O/c13-10-4-5-11(14)9(7-10)3-6-12(15)8-1-2-8/h4-5,7-8,12,15H,1-3,6H2. The Hall–Kier alpha value is -0.960. The maximum absolute atomic E-state index is 13.2. The van der Waals surface area contributed by atoms with Gasteiger partial charge in [-0.15, -0.1) is 0 Å². The Morgan fingerprint density at radius 3 is 2.73 bits per heavy atom. The molecule has 0 aliphatic heterocycles. The zero-order chi connectivity index (χ0) is 10.8. The van der Waals surface area contributed by atoms with E-state index in [0.717, 1.165) is 25.0 Å². The van der Waals surface area contributed by atoms with Crippen LogP contribution in [0.2, 0.25) is 0 Å². The summed E-state index contributed by atoms with van der Waals surface area (Å²) < 4.78 is 26.0. The van der Waals surface area contributed by atoms with Gasteiger partial charge in [-0.05, 0) is 55.4 Å². The highest BCUT2D eigenvalue weighted by Gasteiger charge is 2.29. The number of halogens is 2. The predicted molar refractivity (Wildman–Crippen MR) is 53.4 cm³/mol. The van der Waals surface area contributed by atoms with Gasteiger partial charge in [0.25, 0.3) is 0 Å². The largest absolute Gasteiger partial charge is 0.393 e. The highest BCUT2D eigenvalue weighted by molar-refractivity contribution is 5.18. The lowest BCUT2D eigenvalue weighted by atomic mass is 10.0. The summed E-state index contributed by atoms with van der Waals surface area (Å²) in [5, 5.41) is 9.59. The Balaban J connectivity index is 1.94. The van der Waals surface area contributed by atoms with Gasteiger partial charge in [0.15, 0.2) is 0 Å². The molecule has 0 radical (unpaired) electrons. The minimum atomic E-state index is -0.424. The van der Waals surface area contributed by atoms with Crippen LogP contribution in [0.25, 0.3) is 0 Å². The molecule has 1 atom stereocenters. The van der Waals surface area contributed by atoms with Gasteiger partial charge >= 0.3 is 0 Å². The van der Waals surface area contributed by atoms with Crippen LogP contribution in [0, 0.1) is 17.6 Å². The topological polar surface area (TPSA) is 20.2 Å². The van der Waals surface area contributed by atoms with E-state index in [1.165, 1.54) is 6.07 Å². The van der Waals surface area contributed by atoms with Gasteiger partial charge in [0.1, 0.15) is 11.6 Å². The van der Waals surface area contributed by atoms with E-state index in [0.29, 0.717) is 24.3 Å². The molecule has 0 aromatic heterocycles. The number of hydrogen-bond acceptors (Lipinski definition) is 1. The fraction of sp³-hybridized carbons (Fsp3) is 0.500. The molecular weight excluding hydrogens is 198 g/mol. The highest BCUT2D eigenvalue weighted by atomic mass is 19.1. The number of aliphatic hydroxyl groups is 1. The Labute approximate surface area is 87.7 Å². The zero-order valence-corrected chi connectivity index (χ0v) is 8.42. The monoisotopic (exact) mass is 212 g/mol. The molecule has 1 aromatic rings. The Kier molecular flexibility index (Phi) is 3.00. The molecule has 15 heavy (non-hydrogen) atoms. The summed E-state index contributed by atoms with van der Waals surface area (Å²) in [7, 11) is 0. The SMILES string of the molecule is OC(CCc1cc(F)ccc1F)C1CC1. The van der Waals surface area contributed by atoms with Crippen LogP contribution in [0.4, 0.5) is 8.78 Å². The van der Waals surface area contributed by atoms with Crippen molar-refractivity contribution in [2.75, 3.05) is 0 Å². The molecule has 82 valence electrons. The van der Waals surface area contributed by atoms with Crippen LogP contribution < -0.4 is 0 Å². The Morgan fingerprint density at radius 2 is 2.07 bits per heavy atom. The first-order valence-corrected chi connectivity index (χ1v) is 5.29. The molecule has 1 nitrogen and oxygen atoms in total. The van der Waals surface area contributed by atoms with Crippen molar-refractivity contribution in [2.24, 2.45) is 5.92 Å². The Bertz CT molecular complexity index is 347. The first-order chi connectivity index (χ1) is 7.16. The quantitative estimate of drug-likeness (QED) is 0.813. The van der Waals surface area contributed by atoms with E-state index < -0.39 is 5.82 Å². The molecule has 2 rings (SSSR count). The van der Waals surface area contributed by atoms with Crippen molar-refractivity contribution in [3.63, 3.8) is 0 Å². The van der Waals surface area contributed by atoms with Gasteiger partial charge in [0.05, 0.1) is 6.10 Å². The molecule has 0 bridgehead atoms. The maximum Gasteiger partial charge on any atom is 0.126 e. The summed E-state index contributed by atoms with van der Waals surface area (Å²) in [6.07, 6.45) is 2.69. The van der Waals surface area contributed by atoms with Crippen LogP contribution in [0.15, 0.2) is 18.2 Å². The molecular formula is C12H14F2O. The molecule has 0 heterocycles. The summed E-state index contributed by atoms with van der Waals surface area (Å²) in [6, 6.07) is 3.44. The van der Waals surface area contributed by atoms with Crippen molar-refractivity contribution in [2.45, 2.75) is 31.8 Å². The van der Waals surface area contributed by atoms with Crippen molar-refractivity contribution in [3.05, 3.63) is 35.4 Å².